The number of H-pyrrole nitrogens is 1. The monoisotopic (exact) mass is 287 g/mol. The number of nitrogens with zero attached hydrogens (tertiary/aromatic N) is 1. The standard InChI is InChI=1S/C15H17N3O3/c1-9-3-4-13(20-2)12(7-9)16-15(19)14-10-8-21-6-5-11(10)17-18-14/h3-4,7H,5-6,8H2,1-2H3,(H,16,19)(H,17,18). The van der Waals surface area contributed by atoms with E-state index >= 15 is 0 Å². The summed E-state index contributed by atoms with van der Waals surface area (Å²) in [5.74, 6) is 0.358. The van der Waals surface area contributed by atoms with Gasteiger partial charge in [0.15, 0.2) is 5.69 Å². The second-order valence-corrected chi connectivity index (χ2v) is 4.99. The minimum absolute atomic E-state index is 0.262. The molecule has 0 saturated heterocycles. The van der Waals surface area contributed by atoms with Crippen LogP contribution in [0.4, 0.5) is 5.69 Å². The molecule has 0 saturated carbocycles. The number of anilines is 1. The van der Waals surface area contributed by atoms with E-state index in [4.69, 9.17) is 9.47 Å². The Morgan fingerprint density at radius 3 is 3.14 bits per heavy atom. The van der Waals surface area contributed by atoms with Crippen molar-refractivity contribution in [2.24, 2.45) is 0 Å². The first kappa shape index (κ1) is 13.6. The fourth-order valence-corrected chi connectivity index (χ4v) is 2.40. The van der Waals surface area contributed by atoms with Gasteiger partial charge >= 0.3 is 0 Å². The Bertz CT molecular complexity index is 679. The molecular weight excluding hydrogens is 270 g/mol. The smallest absolute Gasteiger partial charge is 0.276 e. The summed E-state index contributed by atoms with van der Waals surface area (Å²) in [7, 11) is 1.57. The van der Waals surface area contributed by atoms with Crippen LogP contribution in [-0.4, -0.2) is 29.8 Å². The SMILES string of the molecule is COc1ccc(C)cc1NC(=O)c1n[nH]c2c1COCC2. The van der Waals surface area contributed by atoms with Gasteiger partial charge in [0.1, 0.15) is 5.75 Å². The van der Waals surface area contributed by atoms with Gasteiger partial charge in [-0.25, -0.2) is 0 Å². The van der Waals surface area contributed by atoms with Crippen LogP contribution in [0, 0.1) is 6.92 Å². The lowest BCUT2D eigenvalue weighted by molar-refractivity contribution is 0.0985. The van der Waals surface area contributed by atoms with Crippen molar-refractivity contribution in [2.45, 2.75) is 20.0 Å². The van der Waals surface area contributed by atoms with E-state index in [2.05, 4.69) is 15.5 Å². The first-order chi connectivity index (χ1) is 10.2. The number of rotatable bonds is 3. The number of benzene rings is 1. The normalized spacial score (nSPS) is 13.6. The van der Waals surface area contributed by atoms with Crippen molar-refractivity contribution in [1.29, 1.82) is 0 Å². The molecule has 110 valence electrons. The van der Waals surface area contributed by atoms with Gasteiger partial charge in [-0.3, -0.25) is 9.89 Å². The van der Waals surface area contributed by atoms with E-state index in [1.54, 1.807) is 7.11 Å². The summed E-state index contributed by atoms with van der Waals surface area (Å²) < 4.78 is 10.7. The van der Waals surface area contributed by atoms with Gasteiger partial charge in [0, 0.05) is 17.7 Å². The van der Waals surface area contributed by atoms with Crippen molar-refractivity contribution in [3.05, 3.63) is 40.7 Å². The molecule has 0 aliphatic carbocycles. The number of fused-ring (bicyclic) bond motifs is 1. The van der Waals surface area contributed by atoms with E-state index in [0.717, 1.165) is 23.2 Å². The van der Waals surface area contributed by atoms with Gasteiger partial charge in [-0.2, -0.15) is 5.10 Å². The average molecular weight is 287 g/mol. The third kappa shape index (κ3) is 2.62. The number of carbonyl (C=O) groups is 1. The highest BCUT2D eigenvalue weighted by Gasteiger charge is 2.22. The van der Waals surface area contributed by atoms with Crippen molar-refractivity contribution in [3.8, 4) is 5.75 Å². The van der Waals surface area contributed by atoms with Crippen LogP contribution in [0.2, 0.25) is 0 Å². The van der Waals surface area contributed by atoms with Crippen LogP contribution in [0.3, 0.4) is 0 Å². The second kappa shape index (κ2) is 5.57. The lowest BCUT2D eigenvalue weighted by Crippen LogP contribution is -2.17. The Kier molecular flexibility index (Phi) is 3.62. The van der Waals surface area contributed by atoms with Crippen LogP contribution >= 0.6 is 0 Å². The predicted molar refractivity (Wildman–Crippen MR) is 77.6 cm³/mol. The molecule has 1 aromatic carbocycles. The van der Waals surface area contributed by atoms with Gasteiger partial charge in [-0.05, 0) is 24.6 Å². The number of hydrogen-bond donors (Lipinski definition) is 2. The maximum Gasteiger partial charge on any atom is 0.276 e. The van der Waals surface area contributed by atoms with Gasteiger partial charge in [-0.1, -0.05) is 6.07 Å². The summed E-state index contributed by atoms with van der Waals surface area (Å²) in [6.07, 6.45) is 0.753. The number of aromatic nitrogens is 2. The molecule has 1 amide bonds. The van der Waals surface area contributed by atoms with E-state index < -0.39 is 0 Å². The minimum atomic E-state index is -0.262. The largest absolute Gasteiger partial charge is 0.495 e. The topological polar surface area (TPSA) is 76.2 Å². The highest BCUT2D eigenvalue weighted by molar-refractivity contribution is 6.04. The molecule has 0 bridgehead atoms. The van der Waals surface area contributed by atoms with E-state index in [-0.39, 0.29) is 5.91 Å². The van der Waals surface area contributed by atoms with Crippen molar-refractivity contribution in [2.75, 3.05) is 19.0 Å². The Morgan fingerprint density at radius 1 is 1.48 bits per heavy atom. The van der Waals surface area contributed by atoms with Crippen LogP contribution in [0.5, 0.6) is 5.75 Å². The molecular formula is C15H17N3O3. The molecule has 3 rings (SSSR count). The summed E-state index contributed by atoms with van der Waals surface area (Å²) in [5, 5.41) is 9.88. The number of ether oxygens (including phenoxy) is 2. The molecule has 0 atom stereocenters. The van der Waals surface area contributed by atoms with Crippen molar-refractivity contribution in [1.82, 2.24) is 10.2 Å². The molecule has 1 aliphatic rings. The van der Waals surface area contributed by atoms with Crippen LogP contribution < -0.4 is 10.1 Å². The van der Waals surface area contributed by atoms with Crippen LogP contribution in [-0.2, 0) is 17.8 Å². The number of aryl methyl sites for hydroxylation is 1. The number of amides is 1. The zero-order valence-corrected chi connectivity index (χ0v) is 12.0. The third-order valence-electron chi connectivity index (χ3n) is 3.51. The molecule has 0 radical (unpaired) electrons. The molecule has 2 heterocycles. The highest BCUT2D eigenvalue weighted by Crippen LogP contribution is 2.26. The van der Waals surface area contributed by atoms with E-state index in [0.29, 0.717) is 30.3 Å². The Labute approximate surface area is 122 Å². The molecule has 0 spiro atoms. The Hall–Kier alpha value is -2.34. The summed E-state index contributed by atoms with van der Waals surface area (Å²) in [6, 6.07) is 5.62. The zero-order valence-electron chi connectivity index (χ0n) is 12.0. The Morgan fingerprint density at radius 2 is 2.33 bits per heavy atom. The molecule has 6 nitrogen and oxygen atoms in total. The van der Waals surface area contributed by atoms with Crippen molar-refractivity contribution in [3.63, 3.8) is 0 Å². The quantitative estimate of drug-likeness (QED) is 0.906. The minimum Gasteiger partial charge on any atom is -0.495 e. The number of aromatic amines is 1. The fourth-order valence-electron chi connectivity index (χ4n) is 2.40. The molecule has 0 unspecified atom stereocenters. The lowest BCUT2D eigenvalue weighted by atomic mass is 10.1. The highest BCUT2D eigenvalue weighted by atomic mass is 16.5. The maximum absolute atomic E-state index is 12.4. The van der Waals surface area contributed by atoms with Crippen LogP contribution in [0.15, 0.2) is 18.2 Å². The van der Waals surface area contributed by atoms with Crippen molar-refractivity contribution < 1.29 is 14.3 Å². The summed E-state index contributed by atoms with van der Waals surface area (Å²) >= 11 is 0. The van der Waals surface area contributed by atoms with Gasteiger partial charge in [0.25, 0.3) is 5.91 Å². The first-order valence-electron chi connectivity index (χ1n) is 6.79. The zero-order chi connectivity index (χ0) is 14.8. The average Bonchev–Trinajstić information content (AvgIpc) is 2.91. The molecule has 1 aliphatic heterocycles. The number of methoxy groups -OCH3 is 1. The number of carbonyl (C=O) groups excluding carboxylic acids is 1. The molecule has 0 fully saturated rings. The molecule has 21 heavy (non-hydrogen) atoms. The number of nitrogens with one attached hydrogen (secondary N) is 2. The molecule has 6 heteroatoms. The fraction of sp³-hybridized carbons (Fsp3) is 0.333. The van der Waals surface area contributed by atoms with Gasteiger partial charge in [0.2, 0.25) is 0 Å². The van der Waals surface area contributed by atoms with E-state index in [1.165, 1.54) is 0 Å². The second-order valence-electron chi connectivity index (χ2n) is 4.99. The first-order valence-corrected chi connectivity index (χ1v) is 6.79. The van der Waals surface area contributed by atoms with Gasteiger partial charge in [0.05, 0.1) is 26.0 Å². The summed E-state index contributed by atoms with van der Waals surface area (Å²) in [6.45, 7) is 3.03. The maximum atomic E-state index is 12.4. The molecule has 2 N–H and O–H groups in total. The van der Waals surface area contributed by atoms with E-state index in [1.807, 2.05) is 25.1 Å². The van der Waals surface area contributed by atoms with Crippen LogP contribution in [0.25, 0.3) is 0 Å². The Balaban J connectivity index is 1.87. The van der Waals surface area contributed by atoms with Crippen LogP contribution in [0.1, 0.15) is 27.3 Å². The number of hydrogen-bond acceptors (Lipinski definition) is 4. The predicted octanol–water partition coefficient (Wildman–Crippen LogP) is 2.05. The van der Waals surface area contributed by atoms with Crippen molar-refractivity contribution >= 4 is 11.6 Å². The lowest BCUT2D eigenvalue weighted by Gasteiger charge is -2.13. The summed E-state index contributed by atoms with van der Waals surface area (Å²) in [4.78, 5) is 12.4. The molecule has 1 aromatic heterocycles. The molecule has 2 aromatic rings. The van der Waals surface area contributed by atoms with Gasteiger partial charge in [-0.15, -0.1) is 0 Å². The summed E-state index contributed by atoms with van der Waals surface area (Å²) in [5.41, 5.74) is 3.87. The third-order valence-corrected chi connectivity index (χ3v) is 3.51. The van der Waals surface area contributed by atoms with Gasteiger partial charge < -0.3 is 14.8 Å². The van der Waals surface area contributed by atoms with E-state index in [9.17, 15) is 4.79 Å².